The summed E-state index contributed by atoms with van der Waals surface area (Å²) < 4.78 is 46.8. The average molecular weight is 452 g/mol. The van der Waals surface area contributed by atoms with Gasteiger partial charge in [0.25, 0.3) is 0 Å². The Balaban J connectivity index is 1.53. The van der Waals surface area contributed by atoms with Gasteiger partial charge < -0.3 is 18.9 Å². The monoisotopic (exact) mass is 452 g/mol. The molecule has 2 atom stereocenters. The van der Waals surface area contributed by atoms with E-state index in [1.807, 2.05) is 47.5 Å². The predicted octanol–water partition coefficient (Wildman–Crippen LogP) is 5.55. The lowest BCUT2D eigenvalue weighted by atomic mass is 9.95. The number of benzene rings is 3. The average Bonchev–Trinajstić information content (AvgIpc) is 3.29. The van der Waals surface area contributed by atoms with E-state index in [-0.39, 0.29) is 11.8 Å². The molecule has 33 heavy (non-hydrogen) atoms. The summed E-state index contributed by atoms with van der Waals surface area (Å²) in [4.78, 5) is 0. The first-order valence-corrected chi connectivity index (χ1v) is 10.5. The molecule has 0 amide bonds. The zero-order chi connectivity index (χ0) is 22.9. The van der Waals surface area contributed by atoms with Crippen molar-refractivity contribution in [3.8, 4) is 23.0 Å². The number of rotatable bonds is 6. The minimum Gasteiger partial charge on any atom is -0.497 e. The van der Waals surface area contributed by atoms with Gasteiger partial charge in [0.05, 0.1) is 26.0 Å². The maximum Gasteiger partial charge on any atom is 0.387 e. The van der Waals surface area contributed by atoms with Crippen LogP contribution in [0.2, 0.25) is 0 Å². The van der Waals surface area contributed by atoms with Crippen LogP contribution >= 0.6 is 0 Å². The minimum absolute atomic E-state index is 0.0428. The van der Waals surface area contributed by atoms with Crippen LogP contribution in [0.4, 0.5) is 8.78 Å². The number of fused-ring (bicyclic) bond motifs is 3. The Morgan fingerprint density at radius 1 is 0.970 bits per heavy atom. The first kappa shape index (κ1) is 21.1. The first-order valence-electron chi connectivity index (χ1n) is 10.5. The highest BCUT2D eigenvalue weighted by Gasteiger charge is 2.41. The number of halogens is 2. The fraction of sp³-hybridized carbons (Fsp3) is 0.240. The van der Waals surface area contributed by atoms with Gasteiger partial charge in [-0.15, -0.1) is 0 Å². The molecule has 0 unspecified atom stereocenters. The van der Waals surface area contributed by atoms with Gasteiger partial charge in [0.2, 0.25) is 6.23 Å². The molecule has 2 aliphatic heterocycles. The van der Waals surface area contributed by atoms with E-state index in [9.17, 15) is 8.78 Å². The van der Waals surface area contributed by atoms with Crippen LogP contribution in [-0.4, -0.2) is 31.6 Å². The molecule has 8 heteroatoms. The number of alkyl halides is 2. The van der Waals surface area contributed by atoms with Crippen molar-refractivity contribution in [2.75, 3.05) is 14.2 Å². The van der Waals surface area contributed by atoms with Gasteiger partial charge in [-0.05, 0) is 42.5 Å². The van der Waals surface area contributed by atoms with Crippen molar-refractivity contribution in [3.63, 3.8) is 0 Å². The van der Waals surface area contributed by atoms with Crippen molar-refractivity contribution in [1.82, 2.24) is 5.01 Å². The van der Waals surface area contributed by atoms with Crippen molar-refractivity contribution in [2.24, 2.45) is 5.10 Å². The van der Waals surface area contributed by atoms with Crippen LogP contribution in [0, 0.1) is 0 Å². The molecule has 0 bridgehead atoms. The lowest BCUT2D eigenvalue weighted by Gasteiger charge is -2.38. The topological polar surface area (TPSA) is 52.5 Å². The summed E-state index contributed by atoms with van der Waals surface area (Å²) in [7, 11) is 3.23. The second kappa shape index (κ2) is 8.61. The van der Waals surface area contributed by atoms with Crippen molar-refractivity contribution < 1.29 is 27.7 Å². The van der Waals surface area contributed by atoms with Crippen LogP contribution in [0.15, 0.2) is 71.8 Å². The Morgan fingerprint density at radius 2 is 1.73 bits per heavy atom. The predicted molar refractivity (Wildman–Crippen MR) is 118 cm³/mol. The van der Waals surface area contributed by atoms with Gasteiger partial charge in [-0.1, -0.05) is 18.2 Å². The van der Waals surface area contributed by atoms with E-state index in [4.69, 9.17) is 19.3 Å². The molecule has 0 spiro atoms. The summed E-state index contributed by atoms with van der Waals surface area (Å²) in [5.41, 5.74) is 3.56. The number of para-hydroxylation sites is 1. The number of ether oxygens (including phenoxy) is 4. The van der Waals surface area contributed by atoms with Crippen LogP contribution in [0.25, 0.3) is 0 Å². The van der Waals surface area contributed by atoms with E-state index in [0.717, 1.165) is 28.2 Å². The highest BCUT2D eigenvalue weighted by Crippen LogP contribution is 2.48. The molecule has 0 saturated carbocycles. The van der Waals surface area contributed by atoms with E-state index < -0.39 is 12.8 Å². The summed E-state index contributed by atoms with van der Waals surface area (Å²) in [5.74, 6) is 2.24. The summed E-state index contributed by atoms with van der Waals surface area (Å²) in [5, 5.41) is 6.85. The summed E-state index contributed by atoms with van der Waals surface area (Å²) in [6, 6.07) is 19.9. The Kier molecular flexibility index (Phi) is 5.50. The molecular weight excluding hydrogens is 430 g/mol. The van der Waals surface area contributed by atoms with Crippen LogP contribution in [0.1, 0.15) is 35.4 Å². The molecule has 6 nitrogen and oxygen atoms in total. The minimum atomic E-state index is -2.87. The van der Waals surface area contributed by atoms with E-state index in [2.05, 4.69) is 4.74 Å². The number of nitrogens with zero attached hydrogens (tertiary/aromatic N) is 2. The zero-order valence-electron chi connectivity index (χ0n) is 18.1. The van der Waals surface area contributed by atoms with Crippen molar-refractivity contribution in [2.45, 2.75) is 25.3 Å². The zero-order valence-corrected chi connectivity index (χ0v) is 18.1. The molecule has 2 heterocycles. The van der Waals surface area contributed by atoms with Gasteiger partial charge in [-0.25, -0.2) is 5.01 Å². The van der Waals surface area contributed by atoms with Gasteiger partial charge in [0.1, 0.15) is 23.0 Å². The number of methoxy groups -OCH3 is 2. The molecule has 170 valence electrons. The molecule has 0 radical (unpaired) electrons. The number of hydrogen-bond acceptors (Lipinski definition) is 6. The normalized spacial score (nSPS) is 18.8. The SMILES string of the molecule is COc1ccc(C2=NN3[C@@H](C2)c2ccccc2O[C@H]3c2ccc(OC(F)F)cc2)c(OC)c1. The van der Waals surface area contributed by atoms with Crippen molar-refractivity contribution >= 4 is 5.71 Å². The van der Waals surface area contributed by atoms with E-state index >= 15 is 0 Å². The van der Waals surface area contributed by atoms with Gasteiger partial charge >= 0.3 is 6.61 Å². The fourth-order valence-electron chi connectivity index (χ4n) is 4.27. The van der Waals surface area contributed by atoms with Gasteiger partial charge in [0.15, 0.2) is 0 Å². The Hall–Kier alpha value is -3.81. The van der Waals surface area contributed by atoms with E-state index in [1.165, 1.54) is 12.1 Å². The number of hydrogen-bond donors (Lipinski definition) is 0. The smallest absolute Gasteiger partial charge is 0.387 e. The summed E-state index contributed by atoms with van der Waals surface area (Å²) >= 11 is 0. The van der Waals surface area contributed by atoms with Crippen LogP contribution in [-0.2, 0) is 0 Å². The summed E-state index contributed by atoms with van der Waals surface area (Å²) in [6.07, 6.45) is 0.138. The van der Waals surface area contributed by atoms with Crippen molar-refractivity contribution in [3.05, 3.63) is 83.4 Å². The molecule has 3 aromatic carbocycles. The van der Waals surface area contributed by atoms with Gasteiger partial charge in [0, 0.05) is 29.2 Å². The maximum atomic E-state index is 12.5. The molecule has 0 saturated heterocycles. The molecule has 0 fully saturated rings. The molecule has 3 aromatic rings. The molecular formula is C25H22F2N2O4. The lowest BCUT2D eigenvalue weighted by molar-refractivity contribution is -0.0499. The second-order valence-corrected chi connectivity index (χ2v) is 7.67. The number of hydrazone groups is 1. The molecule has 0 N–H and O–H groups in total. The summed E-state index contributed by atoms with van der Waals surface area (Å²) in [6.45, 7) is -2.87. The molecule has 2 aliphatic rings. The Labute approximate surface area is 189 Å². The Bertz CT molecular complexity index is 1180. The maximum absolute atomic E-state index is 12.5. The highest BCUT2D eigenvalue weighted by molar-refractivity contribution is 6.04. The quantitative estimate of drug-likeness (QED) is 0.491. The Morgan fingerprint density at radius 3 is 2.45 bits per heavy atom. The lowest BCUT2D eigenvalue weighted by Crippen LogP contribution is -2.33. The molecule has 0 aliphatic carbocycles. The van der Waals surface area contributed by atoms with Crippen molar-refractivity contribution in [1.29, 1.82) is 0 Å². The van der Waals surface area contributed by atoms with E-state index in [1.54, 1.807) is 26.4 Å². The standard InChI is InChI=1S/C25H22F2N2O4/c1-30-17-11-12-18(23(13-17)31-2)20-14-21-19-5-3-4-6-22(19)33-24(29(21)28-20)15-7-9-16(10-8-15)32-25(26)27/h3-13,21,24-25H,14H2,1-2H3/t21-,24-/m0/s1. The van der Waals surface area contributed by atoms with Crippen LogP contribution < -0.4 is 18.9 Å². The third kappa shape index (κ3) is 3.92. The highest BCUT2D eigenvalue weighted by atomic mass is 19.3. The largest absolute Gasteiger partial charge is 0.497 e. The third-order valence-corrected chi connectivity index (χ3v) is 5.81. The van der Waals surface area contributed by atoms with Crippen LogP contribution in [0.3, 0.4) is 0 Å². The van der Waals surface area contributed by atoms with Gasteiger partial charge in [-0.2, -0.15) is 13.9 Å². The first-order chi connectivity index (χ1) is 16.1. The fourth-order valence-corrected chi connectivity index (χ4v) is 4.27. The molecule has 5 rings (SSSR count). The molecule has 0 aromatic heterocycles. The van der Waals surface area contributed by atoms with Crippen LogP contribution in [0.5, 0.6) is 23.0 Å². The second-order valence-electron chi connectivity index (χ2n) is 7.67. The van der Waals surface area contributed by atoms with E-state index in [0.29, 0.717) is 17.9 Å². The van der Waals surface area contributed by atoms with Gasteiger partial charge in [-0.3, -0.25) is 0 Å². The third-order valence-electron chi connectivity index (χ3n) is 5.81.